The van der Waals surface area contributed by atoms with E-state index in [4.69, 9.17) is 9.47 Å². The van der Waals surface area contributed by atoms with Crippen LogP contribution in [0.4, 0.5) is 0 Å². The molecule has 0 unspecified atom stereocenters. The number of rotatable bonds is 4. The van der Waals surface area contributed by atoms with Crippen molar-refractivity contribution in [2.45, 2.75) is 0 Å². The van der Waals surface area contributed by atoms with Crippen LogP contribution in [0.2, 0.25) is 0 Å². The van der Waals surface area contributed by atoms with Gasteiger partial charge in [0, 0.05) is 26.4 Å². The Morgan fingerprint density at radius 3 is 2.50 bits per heavy atom. The summed E-state index contributed by atoms with van der Waals surface area (Å²) < 4.78 is 10.1. The predicted molar refractivity (Wildman–Crippen MR) is 77.3 cm³/mol. The number of cyclic esters (lactones) is 1. The molecule has 0 saturated carbocycles. The van der Waals surface area contributed by atoms with Crippen LogP contribution in [0.5, 0.6) is 5.75 Å². The molecule has 104 valence electrons. The van der Waals surface area contributed by atoms with Crippen molar-refractivity contribution in [1.29, 1.82) is 0 Å². The van der Waals surface area contributed by atoms with E-state index in [2.05, 4.69) is 4.99 Å². The zero-order valence-electron chi connectivity index (χ0n) is 11.7. The van der Waals surface area contributed by atoms with Crippen LogP contribution in [0.3, 0.4) is 0 Å². The number of methoxy groups -OCH3 is 1. The minimum absolute atomic E-state index is 0.291. The molecule has 1 aromatic carbocycles. The number of nitrogens with zero attached hydrogens (tertiary/aromatic N) is 2. The molecule has 1 heterocycles. The second kappa shape index (κ2) is 6.06. The molecular formula is C15H16N2O3. The van der Waals surface area contributed by atoms with Crippen molar-refractivity contribution in [3.8, 4) is 5.75 Å². The fraction of sp³-hybridized carbons (Fsp3) is 0.200. The normalized spacial score (nSPS) is 16.4. The van der Waals surface area contributed by atoms with Gasteiger partial charge in [0.15, 0.2) is 5.70 Å². The summed E-state index contributed by atoms with van der Waals surface area (Å²) in [6.45, 7) is 0. The van der Waals surface area contributed by atoms with Crippen LogP contribution in [0.1, 0.15) is 5.56 Å². The van der Waals surface area contributed by atoms with Crippen LogP contribution in [0.15, 0.2) is 47.2 Å². The first-order valence-corrected chi connectivity index (χ1v) is 6.10. The Morgan fingerprint density at radius 1 is 1.20 bits per heavy atom. The van der Waals surface area contributed by atoms with Crippen LogP contribution in [-0.2, 0) is 9.53 Å². The number of ether oxygens (including phenoxy) is 2. The van der Waals surface area contributed by atoms with E-state index in [0.717, 1.165) is 11.3 Å². The Hall–Kier alpha value is -2.56. The molecule has 0 saturated heterocycles. The van der Waals surface area contributed by atoms with Gasteiger partial charge >= 0.3 is 5.97 Å². The summed E-state index contributed by atoms with van der Waals surface area (Å²) in [6, 6.07) is 7.53. The van der Waals surface area contributed by atoms with Gasteiger partial charge in [-0.05, 0) is 23.8 Å². The maximum Gasteiger partial charge on any atom is 0.365 e. The van der Waals surface area contributed by atoms with Crippen molar-refractivity contribution < 1.29 is 14.3 Å². The third kappa shape index (κ3) is 3.47. The maximum atomic E-state index is 11.5. The molecule has 2 rings (SSSR count). The number of benzene rings is 1. The van der Waals surface area contributed by atoms with Gasteiger partial charge in [0.1, 0.15) is 5.75 Å². The third-order valence-electron chi connectivity index (χ3n) is 2.55. The topological polar surface area (TPSA) is 51.1 Å². The molecule has 0 spiro atoms. The molecule has 0 aromatic heterocycles. The fourth-order valence-corrected chi connectivity index (χ4v) is 1.61. The molecule has 0 aliphatic carbocycles. The van der Waals surface area contributed by atoms with Crippen molar-refractivity contribution >= 4 is 17.9 Å². The van der Waals surface area contributed by atoms with E-state index < -0.39 is 5.97 Å². The summed E-state index contributed by atoms with van der Waals surface area (Å²) in [5.74, 6) is 0.648. The SMILES string of the molecule is COc1ccc(/C=C/C2=NC(=CN(C)C)C(=O)O2)cc1. The van der Waals surface area contributed by atoms with Gasteiger partial charge in [0.05, 0.1) is 7.11 Å². The van der Waals surface area contributed by atoms with Crippen LogP contribution in [0.25, 0.3) is 6.08 Å². The number of hydrogen-bond acceptors (Lipinski definition) is 5. The summed E-state index contributed by atoms with van der Waals surface area (Å²) in [4.78, 5) is 17.4. The second-order valence-electron chi connectivity index (χ2n) is 4.42. The van der Waals surface area contributed by atoms with E-state index in [1.165, 1.54) is 0 Å². The first kappa shape index (κ1) is 13.9. The predicted octanol–water partition coefficient (Wildman–Crippen LogP) is 2.07. The molecule has 0 fully saturated rings. The Balaban J connectivity index is 2.09. The molecule has 1 aliphatic heterocycles. The molecular weight excluding hydrogens is 256 g/mol. The Bertz CT molecular complexity index is 584. The summed E-state index contributed by atoms with van der Waals surface area (Å²) in [6.07, 6.45) is 5.11. The molecule has 0 radical (unpaired) electrons. The van der Waals surface area contributed by atoms with Gasteiger partial charge in [-0.25, -0.2) is 9.79 Å². The smallest absolute Gasteiger partial charge is 0.365 e. The van der Waals surface area contributed by atoms with Gasteiger partial charge in [-0.3, -0.25) is 0 Å². The third-order valence-corrected chi connectivity index (χ3v) is 2.55. The van der Waals surface area contributed by atoms with Crippen molar-refractivity contribution in [3.63, 3.8) is 0 Å². The van der Waals surface area contributed by atoms with Crippen LogP contribution in [0, 0.1) is 0 Å². The first-order chi connectivity index (χ1) is 9.58. The highest BCUT2D eigenvalue weighted by Gasteiger charge is 2.21. The van der Waals surface area contributed by atoms with E-state index in [0.29, 0.717) is 11.6 Å². The molecule has 0 atom stereocenters. The Kier molecular flexibility index (Phi) is 4.20. The lowest BCUT2D eigenvalue weighted by molar-refractivity contribution is -0.130. The second-order valence-corrected chi connectivity index (χ2v) is 4.42. The minimum atomic E-state index is -0.437. The molecule has 1 aromatic rings. The summed E-state index contributed by atoms with van der Waals surface area (Å²) in [5, 5.41) is 0. The van der Waals surface area contributed by atoms with Crippen LogP contribution >= 0.6 is 0 Å². The van der Waals surface area contributed by atoms with Crippen LogP contribution in [-0.4, -0.2) is 38.0 Å². The molecule has 1 aliphatic rings. The van der Waals surface area contributed by atoms with E-state index in [1.54, 1.807) is 24.3 Å². The van der Waals surface area contributed by atoms with Gasteiger partial charge in [-0.15, -0.1) is 0 Å². The fourth-order valence-electron chi connectivity index (χ4n) is 1.61. The van der Waals surface area contributed by atoms with Gasteiger partial charge < -0.3 is 14.4 Å². The lowest BCUT2D eigenvalue weighted by Gasteiger charge is -2.02. The minimum Gasteiger partial charge on any atom is -0.497 e. The molecule has 0 amide bonds. The zero-order valence-corrected chi connectivity index (χ0v) is 11.7. The van der Waals surface area contributed by atoms with Crippen molar-refractivity contribution in [2.75, 3.05) is 21.2 Å². The molecule has 0 N–H and O–H groups in total. The van der Waals surface area contributed by atoms with Gasteiger partial charge in [0.25, 0.3) is 0 Å². The highest BCUT2D eigenvalue weighted by molar-refractivity contribution is 6.09. The van der Waals surface area contributed by atoms with Crippen molar-refractivity contribution in [1.82, 2.24) is 4.90 Å². The zero-order chi connectivity index (χ0) is 14.5. The van der Waals surface area contributed by atoms with Gasteiger partial charge in [0.2, 0.25) is 5.90 Å². The van der Waals surface area contributed by atoms with Crippen molar-refractivity contribution in [3.05, 3.63) is 47.8 Å². The van der Waals surface area contributed by atoms with Crippen LogP contribution < -0.4 is 4.74 Å². The van der Waals surface area contributed by atoms with E-state index >= 15 is 0 Å². The Morgan fingerprint density at radius 2 is 1.90 bits per heavy atom. The molecule has 5 heteroatoms. The summed E-state index contributed by atoms with van der Waals surface area (Å²) >= 11 is 0. The average Bonchev–Trinajstić information content (AvgIpc) is 2.77. The lowest BCUT2D eigenvalue weighted by atomic mass is 10.2. The largest absolute Gasteiger partial charge is 0.497 e. The number of hydrogen-bond donors (Lipinski definition) is 0. The maximum absolute atomic E-state index is 11.5. The summed E-state index contributed by atoms with van der Waals surface area (Å²) in [7, 11) is 5.26. The highest BCUT2D eigenvalue weighted by atomic mass is 16.6. The number of esters is 1. The average molecular weight is 272 g/mol. The number of carbonyl (C=O) groups is 1. The van der Waals surface area contributed by atoms with Gasteiger partial charge in [-0.1, -0.05) is 12.1 Å². The van der Waals surface area contributed by atoms with E-state index in [9.17, 15) is 4.79 Å². The van der Waals surface area contributed by atoms with E-state index in [1.807, 2.05) is 44.4 Å². The molecule has 5 nitrogen and oxygen atoms in total. The highest BCUT2D eigenvalue weighted by Crippen LogP contribution is 2.15. The van der Waals surface area contributed by atoms with Gasteiger partial charge in [-0.2, -0.15) is 0 Å². The number of carbonyl (C=O) groups excluding carboxylic acids is 1. The Labute approximate surface area is 117 Å². The molecule has 20 heavy (non-hydrogen) atoms. The standard InChI is InChI=1S/C15H16N2O3/c1-17(2)10-13-15(18)20-14(16-13)9-6-11-4-7-12(19-3)8-5-11/h4-10H,1-3H3/b9-6+,13-10?. The van der Waals surface area contributed by atoms with Crippen molar-refractivity contribution in [2.24, 2.45) is 4.99 Å². The number of aliphatic imine (C=N–C) groups is 1. The van der Waals surface area contributed by atoms with E-state index in [-0.39, 0.29) is 0 Å². The first-order valence-electron chi connectivity index (χ1n) is 6.10. The summed E-state index contributed by atoms with van der Waals surface area (Å²) in [5.41, 5.74) is 1.26. The lowest BCUT2D eigenvalue weighted by Crippen LogP contribution is -2.06. The monoisotopic (exact) mass is 272 g/mol. The quantitative estimate of drug-likeness (QED) is 0.622. The molecule has 0 bridgehead atoms.